The molecule has 1 aromatic heterocycles. The fourth-order valence-corrected chi connectivity index (χ4v) is 1.34. The minimum Gasteiger partial charge on any atom is -0.462 e. The molecule has 1 heterocycles. The van der Waals surface area contributed by atoms with E-state index in [-0.39, 0.29) is 12.5 Å². The zero-order valence-corrected chi connectivity index (χ0v) is 8.78. The summed E-state index contributed by atoms with van der Waals surface area (Å²) in [6.45, 7) is 0.142. The largest absolute Gasteiger partial charge is 0.462 e. The van der Waals surface area contributed by atoms with Gasteiger partial charge in [-0.3, -0.25) is 0 Å². The molecule has 2 aromatic rings. The van der Waals surface area contributed by atoms with Crippen molar-refractivity contribution in [2.24, 2.45) is 0 Å². The molecule has 1 N–H and O–H groups in total. The predicted octanol–water partition coefficient (Wildman–Crippen LogP) is 2.41. The number of aliphatic hydroxyl groups excluding tert-OH is 1. The lowest BCUT2D eigenvalue weighted by molar-refractivity contribution is 0.110. The van der Waals surface area contributed by atoms with Gasteiger partial charge in [0.2, 0.25) is 0 Å². The minimum absolute atomic E-state index is 0.142. The lowest BCUT2D eigenvalue weighted by Crippen LogP contribution is -2.18. The van der Waals surface area contributed by atoms with E-state index in [0.717, 1.165) is 11.0 Å². The van der Waals surface area contributed by atoms with Crippen LogP contribution in [0.25, 0.3) is 11.0 Å². The summed E-state index contributed by atoms with van der Waals surface area (Å²) in [5, 5.41) is 10.2. The minimum atomic E-state index is -0.667. The van der Waals surface area contributed by atoms with Gasteiger partial charge in [0, 0.05) is 11.5 Å². The monoisotopic (exact) mass is 226 g/mol. The maximum atomic E-state index is 9.20. The van der Waals surface area contributed by atoms with Crippen LogP contribution >= 0.6 is 11.6 Å². The van der Waals surface area contributed by atoms with Crippen LogP contribution in [0, 0.1) is 0 Å². The third-order valence-corrected chi connectivity index (χ3v) is 2.36. The van der Waals surface area contributed by atoms with E-state index in [9.17, 15) is 5.11 Å². The Hall–Kier alpha value is -1.19. The lowest BCUT2D eigenvalue weighted by atomic mass is 10.3. The second kappa shape index (κ2) is 4.55. The van der Waals surface area contributed by atoms with Crippen molar-refractivity contribution < 1.29 is 14.3 Å². The molecule has 15 heavy (non-hydrogen) atoms. The first-order chi connectivity index (χ1) is 7.29. The molecule has 0 radical (unpaired) electrons. The average Bonchev–Trinajstić information content (AvgIpc) is 2.68. The number of benzene rings is 1. The highest BCUT2D eigenvalue weighted by Crippen LogP contribution is 2.24. The highest BCUT2D eigenvalue weighted by atomic mass is 35.5. The van der Waals surface area contributed by atoms with E-state index in [2.05, 4.69) is 0 Å². The first kappa shape index (κ1) is 10.3. The Kier molecular flexibility index (Phi) is 3.14. The zero-order chi connectivity index (χ0) is 10.7. The smallest absolute Gasteiger partial charge is 0.285 e. The number of halogens is 1. The van der Waals surface area contributed by atoms with E-state index in [4.69, 9.17) is 20.8 Å². The zero-order valence-electron chi connectivity index (χ0n) is 8.02. The normalized spacial score (nSPS) is 12.9. The standard InChI is InChI=1S/C11H11ClO3/c12-6-9(13)7-14-11-5-8-3-1-2-4-10(8)15-11/h1-5,9,13H,6-7H2. The Balaban J connectivity index is 2.09. The molecular weight excluding hydrogens is 216 g/mol. The first-order valence-corrected chi connectivity index (χ1v) is 5.18. The average molecular weight is 227 g/mol. The molecule has 0 aliphatic heterocycles. The van der Waals surface area contributed by atoms with Gasteiger partial charge in [0.15, 0.2) is 0 Å². The van der Waals surface area contributed by atoms with Crippen molar-refractivity contribution in [3.05, 3.63) is 30.3 Å². The van der Waals surface area contributed by atoms with E-state index in [1.165, 1.54) is 0 Å². The SMILES string of the molecule is OC(CCl)COc1cc2ccccc2o1. The van der Waals surface area contributed by atoms with Gasteiger partial charge in [0.05, 0.1) is 5.88 Å². The topological polar surface area (TPSA) is 42.6 Å². The van der Waals surface area contributed by atoms with E-state index in [0.29, 0.717) is 5.95 Å². The Morgan fingerprint density at radius 1 is 1.40 bits per heavy atom. The van der Waals surface area contributed by atoms with Crippen LogP contribution in [0.4, 0.5) is 0 Å². The summed E-state index contributed by atoms with van der Waals surface area (Å²) in [4.78, 5) is 0. The van der Waals surface area contributed by atoms with Crippen LogP contribution in [0.1, 0.15) is 0 Å². The maximum absolute atomic E-state index is 9.20. The molecule has 0 saturated carbocycles. The quantitative estimate of drug-likeness (QED) is 0.815. The molecule has 0 bridgehead atoms. The first-order valence-electron chi connectivity index (χ1n) is 4.65. The van der Waals surface area contributed by atoms with Gasteiger partial charge in [-0.1, -0.05) is 18.2 Å². The fraction of sp³-hybridized carbons (Fsp3) is 0.273. The van der Waals surface area contributed by atoms with E-state index in [1.54, 1.807) is 6.07 Å². The second-order valence-corrected chi connectivity index (χ2v) is 3.53. The molecule has 1 unspecified atom stereocenters. The van der Waals surface area contributed by atoms with Crippen molar-refractivity contribution in [3.8, 4) is 5.95 Å². The van der Waals surface area contributed by atoms with Crippen LogP contribution in [0.15, 0.2) is 34.7 Å². The van der Waals surface area contributed by atoms with Gasteiger partial charge in [-0.2, -0.15) is 0 Å². The van der Waals surface area contributed by atoms with Gasteiger partial charge in [0.25, 0.3) is 5.95 Å². The number of para-hydroxylation sites is 1. The van der Waals surface area contributed by atoms with Gasteiger partial charge >= 0.3 is 0 Å². The van der Waals surface area contributed by atoms with Crippen LogP contribution in [0.3, 0.4) is 0 Å². The molecule has 4 heteroatoms. The number of fused-ring (bicyclic) bond motifs is 1. The molecule has 0 aliphatic carbocycles. The number of furan rings is 1. The number of aliphatic hydroxyl groups is 1. The molecule has 0 spiro atoms. The molecule has 80 valence electrons. The molecule has 0 saturated heterocycles. The van der Waals surface area contributed by atoms with Crippen molar-refractivity contribution in [1.82, 2.24) is 0 Å². The summed E-state index contributed by atoms with van der Waals surface area (Å²) in [6.07, 6.45) is -0.667. The van der Waals surface area contributed by atoms with Crippen LogP contribution < -0.4 is 4.74 Å². The van der Waals surface area contributed by atoms with Crippen molar-refractivity contribution in [1.29, 1.82) is 0 Å². The van der Waals surface area contributed by atoms with Gasteiger partial charge in [-0.15, -0.1) is 11.6 Å². The Bertz CT molecular complexity index is 405. The lowest BCUT2D eigenvalue weighted by Gasteiger charge is -2.05. The number of ether oxygens (including phenoxy) is 1. The molecule has 0 amide bonds. The van der Waals surface area contributed by atoms with Gasteiger partial charge < -0.3 is 14.3 Å². The van der Waals surface area contributed by atoms with E-state index >= 15 is 0 Å². The number of hydrogen-bond acceptors (Lipinski definition) is 3. The summed E-state index contributed by atoms with van der Waals surface area (Å²) in [5.41, 5.74) is 0.771. The third-order valence-electron chi connectivity index (χ3n) is 2.00. The molecule has 3 nitrogen and oxygen atoms in total. The number of rotatable bonds is 4. The second-order valence-electron chi connectivity index (χ2n) is 3.22. The van der Waals surface area contributed by atoms with Crippen LogP contribution in [0.5, 0.6) is 5.95 Å². The maximum Gasteiger partial charge on any atom is 0.285 e. The van der Waals surface area contributed by atoms with E-state index in [1.807, 2.05) is 24.3 Å². The van der Waals surface area contributed by atoms with Crippen molar-refractivity contribution >= 4 is 22.6 Å². The summed E-state index contributed by atoms with van der Waals surface area (Å²) >= 11 is 5.44. The highest BCUT2D eigenvalue weighted by Gasteiger charge is 2.07. The molecule has 0 fully saturated rings. The summed E-state index contributed by atoms with van der Waals surface area (Å²) < 4.78 is 10.6. The Labute approximate surface area is 92.2 Å². The number of hydrogen-bond donors (Lipinski definition) is 1. The summed E-state index contributed by atoms with van der Waals surface area (Å²) in [7, 11) is 0. The molecule has 0 aliphatic rings. The molecule has 1 aromatic carbocycles. The van der Waals surface area contributed by atoms with Crippen molar-refractivity contribution in [3.63, 3.8) is 0 Å². The summed E-state index contributed by atoms with van der Waals surface area (Å²) in [5.74, 6) is 0.556. The van der Waals surface area contributed by atoms with Crippen molar-refractivity contribution in [2.75, 3.05) is 12.5 Å². The van der Waals surface area contributed by atoms with Crippen molar-refractivity contribution in [2.45, 2.75) is 6.10 Å². The van der Waals surface area contributed by atoms with Gasteiger partial charge in [0.1, 0.15) is 18.3 Å². The Morgan fingerprint density at radius 3 is 2.93 bits per heavy atom. The van der Waals surface area contributed by atoms with Gasteiger partial charge in [-0.25, -0.2) is 0 Å². The Morgan fingerprint density at radius 2 is 2.20 bits per heavy atom. The third kappa shape index (κ3) is 2.43. The fourth-order valence-electron chi connectivity index (χ4n) is 1.25. The molecule has 1 atom stereocenters. The molecule has 2 rings (SSSR count). The van der Waals surface area contributed by atoms with Crippen LogP contribution in [-0.4, -0.2) is 23.7 Å². The van der Waals surface area contributed by atoms with Crippen LogP contribution in [0.2, 0.25) is 0 Å². The van der Waals surface area contributed by atoms with E-state index < -0.39 is 6.10 Å². The number of alkyl halides is 1. The summed E-state index contributed by atoms with van der Waals surface area (Å²) in [6, 6.07) is 9.40. The highest BCUT2D eigenvalue weighted by molar-refractivity contribution is 6.18. The molecular formula is C11H11ClO3. The van der Waals surface area contributed by atoms with Crippen LogP contribution in [-0.2, 0) is 0 Å². The predicted molar refractivity (Wildman–Crippen MR) is 58.4 cm³/mol. The van der Waals surface area contributed by atoms with Gasteiger partial charge in [-0.05, 0) is 6.07 Å².